The Morgan fingerprint density at radius 2 is 1.91 bits per heavy atom. The number of carbonyl (C=O) groups is 1. The van der Waals surface area contributed by atoms with E-state index in [4.69, 9.17) is 0 Å². The van der Waals surface area contributed by atoms with E-state index in [1.54, 1.807) is 0 Å². The molecule has 1 aromatic rings. The number of nitrogens with one attached hydrogen (secondary N) is 1. The van der Waals surface area contributed by atoms with Crippen molar-refractivity contribution in [1.82, 2.24) is 10.2 Å². The number of likely N-dealkylation sites (tertiary alicyclic amines) is 1. The molecule has 22 heavy (non-hydrogen) atoms. The van der Waals surface area contributed by atoms with E-state index in [-0.39, 0.29) is 17.8 Å². The van der Waals surface area contributed by atoms with Crippen LogP contribution in [0.4, 0.5) is 0 Å². The third-order valence-electron chi connectivity index (χ3n) is 5.19. The molecule has 2 aliphatic rings. The van der Waals surface area contributed by atoms with Gasteiger partial charge in [0.1, 0.15) is 0 Å². The molecular formula is C18H27ClN2O. The highest BCUT2D eigenvalue weighted by Crippen LogP contribution is 2.34. The van der Waals surface area contributed by atoms with Crippen LogP contribution in [0.15, 0.2) is 30.3 Å². The molecule has 2 aliphatic heterocycles. The van der Waals surface area contributed by atoms with Crippen molar-refractivity contribution in [2.45, 2.75) is 38.0 Å². The van der Waals surface area contributed by atoms with Gasteiger partial charge in [0.25, 0.3) is 0 Å². The molecule has 0 bridgehead atoms. The first-order valence-corrected chi connectivity index (χ1v) is 8.21. The number of nitrogens with zero attached hydrogens (tertiary/aromatic N) is 1. The van der Waals surface area contributed by atoms with Gasteiger partial charge in [0.15, 0.2) is 0 Å². The monoisotopic (exact) mass is 322 g/mol. The lowest BCUT2D eigenvalue weighted by Crippen LogP contribution is -2.49. The van der Waals surface area contributed by atoms with Gasteiger partial charge in [0.2, 0.25) is 5.91 Å². The number of hydrogen-bond donors (Lipinski definition) is 1. The predicted octanol–water partition coefficient (Wildman–Crippen LogP) is 2.99. The van der Waals surface area contributed by atoms with Gasteiger partial charge >= 0.3 is 0 Å². The highest BCUT2D eigenvalue weighted by Gasteiger charge is 2.36. The van der Waals surface area contributed by atoms with Crippen LogP contribution in [0.25, 0.3) is 0 Å². The summed E-state index contributed by atoms with van der Waals surface area (Å²) in [7, 11) is 0. The molecule has 1 atom stereocenters. The first-order chi connectivity index (χ1) is 10.2. The normalized spacial score (nSPS) is 26.6. The van der Waals surface area contributed by atoms with Gasteiger partial charge in [0.05, 0.1) is 0 Å². The summed E-state index contributed by atoms with van der Waals surface area (Å²) in [6.07, 6.45) is 4.06. The molecule has 1 amide bonds. The zero-order chi connectivity index (χ0) is 14.7. The smallest absolute Gasteiger partial charge is 0.222 e. The molecule has 4 heteroatoms. The fourth-order valence-corrected chi connectivity index (χ4v) is 3.75. The summed E-state index contributed by atoms with van der Waals surface area (Å²) in [4.78, 5) is 14.4. The van der Waals surface area contributed by atoms with Gasteiger partial charge in [-0.05, 0) is 43.8 Å². The minimum atomic E-state index is 0. The van der Waals surface area contributed by atoms with Gasteiger partial charge in [-0.25, -0.2) is 0 Å². The van der Waals surface area contributed by atoms with E-state index in [2.05, 4.69) is 47.5 Å². The van der Waals surface area contributed by atoms with Crippen LogP contribution in [-0.4, -0.2) is 37.0 Å². The van der Waals surface area contributed by atoms with Gasteiger partial charge < -0.3 is 10.2 Å². The zero-order valence-electron chi connectivity index (χ0n) is 13.4. The highest BCUT2D eigenvalue weighted by molar-refractivity contribution is 5.85. The fourth-order valence-electron chi connectivity index (χ4n) is 3.75. The van der Waals surface area contributed by atoms with Crippen molar-refractivity contribution in [3.63, 3.8) is 0 Å². The third kappa shape index (κ3) is 3.82. The van der Waals surface area contributed by atoms with E-state index >= 15 is 0 Å². The largest absolute Gasteiger partial charge is 0.342 e. The van der Waals surface area contributed by atoms with Crippen molar-refractivity contribution in [3.05, 3.63) is 35.9 Å². The topological polar surface area (TPSA) is 32.3 Å². The van der Waals surface area contributed by atoms with Crippen LogP contribution in [0, 0.1) is 5.92 Å². The minimum Gasteiger partial charge on any atom is -0.342 e. The number of rotatable bonds is 3. The number of piperidine rings is 2. The molecule has 1 unspecified atom stereocenters. The van der Waals surface area contributed by atoms with E-state index in [9.17, 15) is 4.79 Å². The SMILES string of the molecule is CC1(c2ccccc2)CCC(=O)N(CC2CCNCC2)C1.Cl. The summed E-state index contributed by atoms with van der Waals surface area (Å²) < 4.78 is 0. The standard InChI is InChI=1S/C18H26N2O.ClH/c1-18(16-5-3-2-4-6-16)10-7-17(21)20(14-18)13-15-8-11-19-12-9-15;/h2-6,15,19H,7-14H2,1H3;1H. The molecule has 2 heterocycles. The minimum absolute atomic E-state index is 0. The van der Waals surface area contributed by atoms with Crippen LogP contribution in [0.1, 0.15) is 38.2 Å². The van der Waals surface area contributed by atoms with E-state index in [0.29, 0.717) is 18.2 Å². The molecule has 0 saturated carbocycles. The Labute approximate surface area is 139 Å². The molecular weight excluding hydrogens is 296 g/mol. The van der Waals surface area contributed by atoms with Gasteiger partial charge in [-0.3, -0.25) is 4.79 Å². The second kappa shape index (κ2) is 7.47. The number of amides is 1. The van der Waals surface area contributed by atoms with Crippen molar-refractivity contribution in [2.24, 2.45) is 5.92 Å². The Morgan fingerprint density at radius 1 is 1.23 bits per heavy atom. The van der Waals surface area contributed by atoms with Crippen LogP contribution in [0.2, 0.25) is 0 Å². The van der Waals surface area contributed by atoms with E-state index in [0.717, 1.165) is 32.6 Å². The maximum absolute atomic E-state index is 12.3. The predicted molar refractivity (Wildman–Crippen MR) is 92.4 cm³/mol. The quantitative estimate of drug-likeness (QED) is 0.928. The molecule has 3 rings (SSSR count). The molecule has 0 radical (unpaired) electrons. The van der Waals surface area contributed by atoms with Crippen molar-refractivity contribution < 1.29 is 4.79 Å². The summed E-state index contributed by atoms with van der Waals surface area (Å²) in [5.74, 6) is 1.02. The average Bonchev–Trinajstić information content (AvgIpc) is 2.53. The molecule has 2 saturated heterocycles. The summed E-state index contributed by atoms with van der Waals surface area (Å²) in [6, 6.07) is 10.7. The lowest BCUT2D eigenvalue weighted by molar-refractivity contribution is -0.136. The lowest BCUT2D eigenvalue weighted by Gasteiger charge is -2.42. The van der Waals surface area contributed by atoms with Crippen LogP contribution < -0.4 is 5.32 Å². The van der Waals surface area contributed by atoms with Crippen molar-refractivity contribution in [1.29, 1.82) is 0 Å². The maximum atomic E-state index is 12.3. The number of hydrogen-bond acceptors (Lipinski definition) is 2. The zero-order valence-corrected chi connectivity index (χ0v) is 14.2. The van der Waals surface area contributed by atoms with Gasteiger partial charge in [-0.15, -0.1) is 12.4 Å². The van der Waals surface area contributed by atoms with Gasteiger partial charge in [-0.2, -0.15) is 0 Å². The van der Waals surface area contributed by atoms with Gasteiger partial charge in [0, 0.05) is 24.9 Å². The first-order valence-electron chi connectivity index (χ1n) is 8.21. The Hall–Kier alpha value is -1.06. The molecule has 1 aromatic carbocycles. The number of benzene rings is 1. The van der Waals surface area contributed by atoms with Crippen LogP contribution in [0.3, 0.4) is 0 Å². The summed E-state index contributed by atoms with van der Waals surface area (Å²) in [6.45, 7) is 6.33. The first kappa shape index (κ1) is 17.3. The Balaban J connectivity index is 0.00000176. The molecule has 0 aromatic heterocycles. The lowest BCUT2D eigenvalue weighted by atomic mass is 9.75. The van der Waals surface area contributed by atoms with E-state index in [1.807, 2.05) is 0 Å². The summed E-state index contributed by atoms with van der Waals surface area (Å²) >= 11 is 0. The Bertz CT molecular complexity index is 487. The van der Waals surface area contributed by atoms with Gasteiger partial charge in [-0.1, -0.05) is 37.3 Å². The molecule has 1 N–H and O–H groups in total. The van der Waals surface area contributed by atoms with Crippen molar-refractivity contribution in [3.8, 4) is 0 Å². The second-order valence-corrected chi connectivity index (χ2v) is 6.89. The molecule has 0 spiro atoms. The van der Waals surface area contributed by atoms with Crippen LogP contribution in [-0.2, 0) is 10.2 Å². The van der Waals surface area contributed by atoms with E-state index in [1.165, 1.54) is 18.4 Å². The Morgan fingerprint density at radius 3 is 2.59 bits per heavy atom. The molecule has 3 nitrogen and oxygen atoms in total. The maximum Gasteiger partial charge on any atom is 0.222 e. The van der Waals surface area contributed by atoms with Crippen molar-refractivity contribution >= 4 is 18.3 Å². The number of halogens is 1. The highest BCUT2D eigenvalue weighted by atomic mass is 35.5. The molecule has 2 fully saturated rings. The molecule has 122 valence electrons. The third-order valence-corrected chi connectivity index (χ3v) is 5.19. The summed E-state index contributed by atoms with van der Waals surface area (Å²) in [5.41, 5.74) is 1.48. The van der Waals surface area contributed by atoms with E-state index < -0.39 is 0 Å². The fraction of sp³-hybridized carbons (Fsp3) is 0.611. The van der Waals surface area contributed by atoms with Crippen LogP contribution in [0.5, 0.6) is 0 Å². The molecule has 0 aliphatic carbocycles. The van der Waals surface area contributed by atoms with Crippen LogP contribution >= 0.6 is 12.4 Å². The Kier molecular flexibility index (Phi) is 5.87. The average molecular weight is 323 g/mol. The van der Waals surface area contributed by atoms with Crippen molar-refractivity contribution in [2.75, 3.05) is 26.2 Å². The summed E-state index contributed by atoms with van der Waals surface area (Å²) in [5, 5.41) is 3.40. The number of carbonyl (C=O) groups excluding carboxylic acids is 1. The second-order valence-electron chi connectivity index (χ2n) is 6.89.